The zero-order chi connectivity index (χ0) is 13.1. The van der Waals surface area contributed by atoms with Crippen LogP contribution in [-0.4, -0.2) is 23.2 Å². The predicted molar refractivity (Wildman–Crippen MR) is 75.7 cm³/mol. The summed E-state index contributed by atoms with van der Waals surface area (Å²) in [7, 11) is 3.66. The van der Waals surface area contributed by atoms with Crippen LogP contribution in [0.25, 0.3) is 11.4 Å². The van der Waals surface area contributed by atoms with Crippen LogP contribution in [-0.2, 0) is 13.5 Å². The van der Waals surface area contributed by atoms with Crippen LogP contribution < -0.4 is 10.5 Å². The minimum Gasteiger partial charge on any atom is -0.497 e. The van der Waals surface area contributed by atoms with Crippen molar-refractivity contribution in [2.45, 2.75) is 6.42 Å². The van der Waals surface area contributed by atoms with Crippen LogP contribution in [0.5, 0.6) is 5.75 Å². The topological polar surface area (TPSA) is 53.1 Å². The van der Waals surface area contributed by atoms with Crippen LogP contribution in [0.1, 0.15) is 5.69 Å². The minimum absolute atomic E-state index is 0.611. The molecular weight excluding hydrogens is 294 g/mol. The van der Waals surface area contributed by atoms with Gasteiger partial charge in [-0.15, -0.1) is 0 Å². The molecule has 0 fully saturated rings. The number of hydrogen-bond donors (Lipinski definition) is 1. The van der Waals surface area contributed by atoms with E-state index >= 15 is 0 Å². The van der Waals surface area contributed by atoms with Gasteiger partial charge in [-0.2, -0.15) is 0 Å². The Morgan fingerprint density at radius 2 is 2.00 bits per heavy atom. The summed E-state index contributed by atoms with van der Waals surface area (Å²) < 4.78 is 8.08. The third kappa shape index (κ3) is 2.42. The Labute approximate surface area is 115 Å². The molecule has 0 saturated carbocycles. The van der Waals surface area contributed by atoms with Crippen molar-refractivity contribution < 1.29 is 4.74 Å². The van der Waals surface area contributed by atoms with E-state index in [9.17, 15) is 0 Å². The van der Waals surface area contributed by atoms with Gasteiger partial charge in [0.05, 0.1) is 12.8 Å². The number of aromatic nitrogens is 2. The van der Waals surface area contributed by atoms with Crippen molar-refractivity contribution in [1.29, 1.82) is 0 Å². The number of imidazole rings is 1. The Bertz CT molecular complexity index is 534. The van der Waals surface area contributed by atoms with Gasteiger partial charge in [0.1, 0.15) is 16.2 Å². The van der Waals surface area contributed by atoms with Gasteiger partial charge in [-0.1, -0.05) is 0 Å². The summed E-state index contributed by atoms with van der Waals surface area (Å²) in [5.74, 6) is 1.77. The SMILES string of the molecule is COc1ccc(-c2nc(Br)c(CCN)n2C)cc1. The summed E-state index contributed by atoms with van der Waals surface area (Å²) in [6, 6.07) is 7.86. The van der Waals surface area contributed by atoms with Crippen LogP contribution >= 0.6 is 15.9 Å². The fourth-order valence-electron chi connectivity index (χ4n) is 1.90. The molecular formula is C13H16BrN3O. The maximum atomic E-state index is 5.61. The lowest BCUT2D eigenvalue weighted by Crippen LogP contribution is -2.07. The second-order valence-electron chi connectivity index (χ2n) is 4.00. The second-order valence-corrected chi connectivity index (χ2v) is 4.75. The minimum atomic E-state index is 0.611. The van der Waals surface area contributed by atoms with Gasteiger partial charge in [-0.25, -0.2) is 4.98 Å². The smallest absolute Gasteiger partial charge is 0.141 e. The van der Waals surface area contributed by atoms with Gasteiger partial charge >= 0.3 is 0 Å². The van der Waals surface area contributed by atoms with Crippen molar-refractivity contribution in [3.05, 3.63) is 34.6 Å². The molecule has 0 radical (unpaired) electrons. The van der Waals surface area contributed by atoms with Crippen LogP contribution in [0, 0.1) is 0 Å². The largest absolute Gasteiger partial charge is 0.497 e. The van der Waals surface area contributed by atoms with Gasteiger partial charge in [-0.05, 0) is 46.7 Å². The van der Waals surface area contributed by atoms with E-state index in [0.717, 1.165) is 33.9 Å². The molecule has 0 spiro atoms. The number of ether oxygens (including phenoxy) is 1. The normalized spacial score (nSPS) is 10.7. The molecule has 1 aromatic heterocycles. The van der Waals surface area contributed by atoms with Crippen LogP contribution in [0.3, 0.4) is 0 Å². The van der Waals surface area contributed by atoms with Crippen LogP contribution in [0.15, 0.2) is 28.9 Å². The molecule has 1 heterocycles. The molecule has 96 valence electrons. The first-order valence-electron chi connectivity index (χ1n) is 5.73. The summed E-state index contributed by atoms with van der Waals surface area (Å²) in [5, 5.41) is 0. The molecule has 0 atom stereocenters. The van der Waals surface area contributed by atoms with Gasteiger partial charge in [0.15, 0.2) is 0 Å². The average molecular weight is 310 g/mol. The number of benzene rings is 1. The predicted octanol–water partition coefficient (Wildman–Crippen LogP) is 2.36. The third-order valence-electron chi connectivity index (χ3n) is 2.89. The molecule has 0 amide bonds. The molecule has 0 unspecified atom stereocenters. The van der Waals surface area contributed by atoms with E-state index < -0.39 is 0 Å². The standard InChI is InChI=1S/C13H16BrN3O/c1-17-11(7-8-15)12(14)16-13(17)9-3-5-10(18-2)6-4-9/h3-6H,7-8,15H2,1-2H3. The summed E-state index contributed by atoms with van der Waals surface area (Å²) >= 11 is 3.48. The maximum absolute atomic E-state index is 5.61. The fourth-order valence-corrected chi connectivity index (χ4v) is 2.54. The van der Waals surface area contributed by atoms with E-state index in [1.807, 2.05) is 31.3 Å². The van der Waals surface area contributed by atoms with E-state index in [1.165, 1.54) is 0 Å². The van der Waals surface area contributed by atoms with Crippen molar-refractivity contribution in [2.24, 2.45) is 12.8 Å². The lowest BCUT2D eigenvalue weighted by atomic mass is 10.2. The summed E-state index contributed by atoms with van der Waals surface area (Å²) in [6.45, 7) is 0.611. The first-order chi connectivity index (χ1) is 8.67. The van der Waals surface area contributed by atoms with Crippen molar-refractivity contribution in [3.63, 3.8) is 0 Å². The molecule has 5 heteroatoms. The number of rotatable bonds is 4. The average Bonchev–Trinajstić information content (AvgIpc) is 2.67. The van der Waals surface area contributed by atoms with E-state index in [-0.39, 0.29) is 0 Å². The molecule has 0 saturated heterocycles. The first kappa shape index (κ1) is 13.1. The number of nitrogens with two attached hydrogens (primary N) is 1. The third-order valence-corrected chi connectivity index (χ3v) is 3.53. The second kappa shape index (κ2) is 5.54. The van der Waals surface area contributed by atoms with Gasteiger partial charge in [-0.3, -0.25) is 0 Å². The highest BCUT2D eigenvalue weighted by atomic mass is 79.9. The van der Waals surface area contributed by atoms with Gasteiger partial charge in [0, 0.05) is 19.0 Å². The van der Waals surface area contributed by atoms with Crippen molar-refractivity contribution in [3.8, 4) is 17.1 Å². The van der Waals surface area contributed by atoms with Crippen LogP contribution in [0.4, 0.5) is 0 Å². The summed E-state index contributed by atoms with van der Waals surface area (Å²) in [4.78, 5) is 4.54. The molecule has 0 aliphatic rings. The van der Waals surface area contributed by atoms with Crippen molar-refractivity contribution >= 4 is 15.9 Å². The van der Waals surface area contributed by atoms with E-state index in [4.69, 9.17) is 10.5 Å². The van der Waals surface area contributed by atoms with E-state index in [0.29, 0.717) is 6.54 Å². The fraction of sp³-hybridized carbons (Fsp3) is 0.308. The highest BCUT2D eigenvalue weighted by Crippen LogP contribution is 2.26. The summed E-state index contributed by atoms with van der Waals surface area (Å²) in [5.41, 5.74) is 7.78. The lowest BCUT2D eigenvalue weighted by molar-refractivity contribution is 0.415. The molecule has 0 bridgehead atoms. The molecule has 4 nitrogen and oxygen atoms in total. The zero-order valence-corrected chi connectivity index (χ0v) is 12.1. The lowest BCUT2D eigenvalue weighted by Gasteiger charge is -2.06. The highest BCUT2D eigenvalue weighted by molar-refractivity contribution is 9.10. The maximum Gasteiger partial charge on any atom is 0.141 e. The highest BCUT2D eigenvalue weighted by Gasteiger charge is 2.13. The monoisotopic (exact) mass is 309 g/mol. The quantitative estimate of drug-likeness (QED) is 0.943. The Morgan fingerprint density at radius 3 is 2.56 bits per heavy atom. The Kier molecular flexibility index (Phi) is 4.04. The first-order valence-corrected chi connectivity index (χ1v) is 6.52. The Hall–Kier alpha value is -1.33. The van der Waals surface area contributed by atoms with E-state index in [2.05, 4.69) is 25.5 Å². The Morgan fingerprint density at radius 1 is 1.33 bits per heavy atom. The number of hydrogen-bond acceptors (Lipinski definition) is 3. The molecule has 1 aromatic carbocycles. The molecule has 0 aliphatic carbocycles. The van der Waals surface area contributed by atoms with Crippen molar-refractivity contribution in [1.82, 2.24) is 9.55 Å². The van der Waals surface area contributed by atoms with E-state index in [1.54, 1.807) is 7.11 Å². The molecule has 2 aromatic rings. The molecule has 18 heavy (non-hydrogen) atoms. The number of halogens is 1. The van der Waals surface area contributed by atoms with Crippen LogP contribution in [0.2, 0.25) is 0 Å². The molecule has 0 aliphatic heterocycles. The van der Waals surface area contributed by atoms with Gasteiger partial charge in [0.25, 0.3) is 0 Å². The van der Waals surface area contributed by atoms with Gasteiger partial charge < -0.3 is 15.0 Å². The molecule has 2 N–H and O–H groups in total. The van der Waals surface area contributed by atoms with Gasteiger partial charge in [0.2, 0.25) is 0 Å². The Balaban J connectivity index is 2.40. The number of methoxy groups -OCH3 is 1. The summed E-state index contributed by atoms with van der Waals surface area (Å²) in [6.07, 6.45) is 0.806. The molecule has 2 rings (SSSR count). The zero-order valence-electron chi connectivity index (χ0n) is 10.5. The van der Waals surface area contributed by atoms with Crippen molar-refractivity contribution in [2.75, 3.05) is 13.7 Å². The number of nitrogens with zero attached hydrogens (tertiary/aromatic N) is 2.